The fourth-order valence-corrected chi connectivity index (χ4v) is 23.8. The SMILES string of the molecule is [C-]#[N+]/C(C#N)=C1\C(=C\c2cc3c(s2)-c2sc(-c4c5nsnc5c(-c5cc6c(s5)-c5sc(/C=C7\C(=O)c8cc(F)c(F)cc8\C7=C(\C#N)[N+]#[C-])cc5OC6(CCC(C)CCCC(C)C)CCC(C)CCCC(C)C)c5nc6c(nc45)-c4ccccc4C6=O)cc2C(CCC(C)CCCC(C)C)(CCC(C)CCCC(C)C)O3)C(=O)c2cc(F)c(F)cc21. The third-order valence-electron chi connectivity index (χ3n) is 25.1. The number of ether oxygens (including phenoxy) is 2. The molecule has 15 rings (SSSR count). The number of aromatic nitrogens is 4. The fourth-order valence-electron chi connectivity index (χ4n) is 18.3. The maximum Gasteiger partial charge on any atom is 0.270 e. The highest BCUT2D eigenvalue weighted by atomic mass is 32.1. The molecule has 22 heteroatoms. The van der Waals surface area contributed by atoms with Gasteiger partial charge >= 0.3 is 0 Å². The quantitative estimate of drug-likeness (QED) is 0.0170. The van der Waals surface area contributed by atoms with Crippen molar-refractivity contribution in [3.8, 4) is 75.3 Å². The van der Waals surface area contributed by atoms with Crippen LogP contribution in [0.15, 0.2) is 95.3 Å². The van der Waals surface area contributed by atoms with Crippen molar-refractivity contribution in [3.05, 3.63) is 196 Å². The van der Waals surface area contributed by atoms with E-state index in [4.69, 9.17) is 41.3 Å². The number of halogens is 4. The van der Waals surface area contributed by atoms with Crippen LogP contribution in [-0.2, 0) is 11.2 Å². The minimum absolute atomic E-state index is 0.0327. The first kappa shape index (κ1) is 86.0. The molecule has 0 spiro atoms. The first-order valence-electron chi connectivity index (χ1n) is 42.7. The Balaban J connectivity index is 0.958. The number of Topliss-reactive ketones (excluding diaryl/α,β-unsaturated/α-hetero) is 2. The highest BCUT2D eigenvalue weighted by Crippen LogP contribution is 2.62. The van der Waals surface area contributed by atoms with Crippen LogP contribution in [0.3, 0.4) is 0 Å². The van der Waals surface area contributed by atoms with Crippen LogP contribution in [0.1, 0.15) is 280 Å². The molecule has 10 aromatic rings. The summed E-state index contributed by atoms with van der Waals surface area (Å²) in [5.41, 5.74) is 3.69. The maximum atomic E-state index is 15.2. The molecule has 0 amide bonds. The maximum absolute atomic E-state index is 15.2. The predicted octanol–water partition coefficient (Wildman–Crippen LogP) is 29.3. The minimum Gasteiger partial charge on any atom is -0.481 e. The minimum atomic E-state index is -1.23. The summed E-state index contributed by atoms with van der Waals surface area (Å²) in [7, 11) is 0. The third kappa shape index (κ3) is 16.8. The van der Waals surface area contributed by atoms with E-state index in [0.717, 1.165) is 179 Å². The van der Waals surface area contributed by atoms with Crippen molar-refractivity contribution in [1.29, 1.82) is 10.5 Å². The van der Waals surface area contributed by atoms with Gasteiger partial charge in [0.1, 0.15) is 56.2 Å². The number of rotatable bonds is 32. The Labute approximate surface area is 726 Å². The van der Waals surface area contributed by atoms with E-state index in [1.54, 1.807) is 34.8 Å². The summed E-state index contributed by atoms with van der Waals surface area (Å²) in [4.78, 5) is 68.9. The lowest BCUT2D eigenvalue weighted by atomic mass is 9.78. The molecule has 3 aliphatic carbocycles. The molecule has 0 fully saturated rings. The molecule has 0 radical (unpaired) electrons. The highest BCUT2D eigenvalue weighted by Gasteiger charge is 2.48. The number of nitriles is 2. The van der Waals surface area contributed by atoms with Crippen molar-refractivity contribution in [2.45, 2.75) is 223 Å². The molecule has 4 atom stereocenters. The van der Waals surface area contributed by atoms with E-state index in [-0.39, 0.29) is 56.0 Å². The van der Waals surface area contributed by atoms with Gasteiger partial charge in [0.2, 0.25) is 5.78 Å². The van der Waals surface area contributed by atoms with E-state index in [1.807, 2.05) is 48.5 Å². The molecule has 622 valence electrons. The largest absolute Gasteiger partial charge is 0.481 e. The van der Waals surface area contributed by atoms with Crippen molar-refractivity contribution in [2.75, 3.05) is 0 Å². The smallest absolute Gasteiger partial charge is 0.270 e. The lowest BCUT2D eigenvalue weighted by Gasteiger charge is -2.39. The van der Waals surface area contributed by atoms with Crippen LogP contribution in [0.25, 0.3) is 107 Å². The molecule has 0 saturated carbocycles. The molecule has 5 aliphatic rings. The van der Waals surface area contributed by atoms with Crippen LogP contribution >= 0.6 is 57.1 Å². The van der Waals surface area contributed by atoms with Gasteiger partial charge < -0.3 is 9.47 Å². The molecular weight excluding hydrogens is 1620 g/mol. The molecule has 6 aromatic heterocycles. The van der Waals surface area contributed by atoms with Gasteiger partial charge in [0, 0.05) is 86.3 Å². The van der Waals surface area contributed by atoms with Gasteiger partial charge in [-0.25, -0.2) is 47.7 Å². The molecule has 4 unspecified atom stereocenters. The summed E-state index contributed by atoms with van der Waals surface area (Å²) < 4.78 is 87.0. The second kappa shape index (κ2) is 35.5. The van der Waals surface area contributed by atoms with E-state index in [0.29, 0.717) is 144 Å². The first-order chi connectivity index (χ1) is 58.0. The van der Waals surface area contributed by atoms with Gasteiger partial charge in [-0.3, -0.25) is 14.4 Å². The molecule has 2 aliphatic heterocycles. The van der Waals surface area contributed by atoms with Gasteiger partial charge in [0.25, 0.3) is 11.4 Å². The van der Waals surface area contributed by atoms with Crippen molar-refractivity contribution in [2.24, 2.45) is 47.3 Å². The normalized spacial score (nSPS) is 18.7. The van der Waals surface area contributed by atoms with E-state index >= 15 is 22.4 Å². The van der Waals surface area contributed by atoms with E-state index in [1.165, 1.54) is 22.7 Å². The van der Waals surface area contributed by atoms with Crippen LogP contribution in [0.4, 0.5) is 17.6 Å². The number of carbonyl (C=O) groups excluding carboxylic acids is 3. The monoisotopic (exact) mass is 1710 g/mol. The van der Waals surface area contributed by atoms with Crippen LogP contribution < -0.4 is 9.47 Å². The second-order valence-corrected chi connectivity index (χ2v) is 40.8. The number of hydrogen-bond acceptors (Lipinski definition) is 16. The van der Waals surface area contributed by atoms with Gasteiger partial charge in [0.15, 0.2) is 34.8 Å². The number of benzene rings is 4. The first-order valence-corrected chi connectivity index (χ1v) is 46.7. The standard InChI is InChI=1S/C99H98F4N8O5S5/c1-51(2)21-17-25-55(9)31-35-98(36-32-56(10)26-18-22-52(3)4)69-47-79(119-94(69)96-77(115-98)41-59(117-96)39-67-81(75(49-104)106-13)63-43-71(100)73(102)45-65(63)91(67)112)83-86-87(109-90-85(108-86)61-29-15-16-30-62(61)93(90)114)84(89-88(83)110-121-111-89)80-48-70-95(120-80)97-78(116-99(70,37-33-57(11)27-19-23-53(5)6)38-34-58(12)28-20-24-54(7)8)42-60(118-97)40-68-82(76(50-105)107-14)64-44-72(101)74(103)46-66(64)92(68)113/h15-16,29-30,39-48,51-58H,17-28,31-38H2,1-12H3/b67-39-,68-40-,81-75-,82-76+. The molecular formula is C99H98F4N8O5S5. The molecule has 0 bridgehead atoms. The second-order valence-electron chi connectivity index (χ2n) is 36.0. The molecule has 121 heavy (non-hydrogen) atoms. The van der Waals surface area contributed by atoms with Gasteiger partial charge in [-0.15, -0.1) is 45.3 Å². The van der Waals surface area contributed by atoms with Crippen LogP contribution in [-0.4, -0.2) is 36.1 Å². The zero-order chi connectivity index (χ0) is 85.8. The summed E-state index contributed by atoms with van der Waals surface area (Å²) in [5, 5.41) is 20.8. The number of ketones is 3. The van der Waals surface area contributed by atoms with Crippen molar-refractivity contribution < 1.29 is 41.4 Å². The Bertz CT molecular complexity index is 6070. The summed E-state index contributed by atoms with van der Waals surface area (Å²) in [6.07, 6.45) is 22.1. The van der Waals surface area contributed by atoms with Crippen molar-refractivity contribution >= 4 is 120 Å². The van der Waals surface area contributed by atoms with E-state index in [2.05, 4.69) is 105 Å². The molecule has 13 nitrogen and oxygen atoms in total. The Kier molecular flexibility index (Phi) is 25.2. The Morgan fingerprint density at radius 2 is 0.793 bits per heavy atom. The van der Waals surface area contributed by atoms with Gasteiger partial charge in [-0.1, -0.05) is 184 Å². The molecule has 0 saturated heterocycles. The molecule has 4 aromatic carbocycles. The number of allylic oxidation sites excluding steroid dienone is 6. The summed E-state index contributed by atoms with van der Waals surface area (Å²) in [5.74, 6) is -1.75. The van der Waals surface area contributed by atoms with Crippen LogP contribution in [0.5, 0.6) is 11.5 Å². The summed E-state index contributed by atoms with van der Waals surface area (Å²) >= 11 is 6.95. The van der Waals surface area contributed by atoms with Crippen LogP contribution in [0.2, 0.25) is 0 Å². The lowest BCUT2D eigenvalue weighted by Crippen LogP contribution is -2.36. The predicted molar refractivity (Wildman–Crippen MR) is 481 cm³/mol. The number of thiophene rings is 4. The molecule has 8 heterocycles. The van der Waals surface area contributed by atoms with Crippen LogP contribution in [0, 0.1) is 106 Å². The zero-order valence-electron chi connectivity index (χ0n) is 70.5. The number of nitrogens with zero attached hydrogens (tertiary/aromatic N) is 8. The molecule has 0 N–H and O–H groups in total. The number of fused-ring (bicyclic) bond motifs is 13. The summed E-state index contributed by atoms with van der Waals surface area (Å²) in [6, 6.07) is 23.0. The fraction of sp³-hybridized carbons (Fsp3) is 0.424. The lowest BCUT2D eigenvalue weighted by molar-refractivity contribution is 0.0322. The van der Waals surface area contributed by atoms with E-state index < -0.39 is 57.4 Å². The topological polar surface area (TPSA) is 178 Å². The Morgan fingerprint density at radius 1 is 0.438 bits per heavy atom. The highest BCUT2D eigenvalue weighted by molar-refractivity contribution is 7.25. The number of hydrogen-bond donors (Lipinski definition) is 0. The van der Waals surface area contributed by atoms with Gasteiger partial charge in [-0.05, 0) is 171 Å². The van der Waals surface area contributed by atoms with E-state index in [9.17, 15) is 20.1 Å². The third-order valence-corrected chi connectivity index (χ3v) is 30.4. The Hall–Kier alpha value is -9.91. The van der Waals surface area contributed by atoms with Gasteiger partial charge in [0.05, 0.1) is 56.5 Å². The van der Waals surface area contributed by atoms with Crippen molar-refractivity contribution in [3.63, 3.8) is 0 Å². The average Bonchev–Trinajstić information content (AvgIpc) is 1.55. The van der Waals surface area contributed by atoms with Crippen molar-refractivity contribution in [1.82, 2.24) is 18.7 Å². The van der Waals surface area contributed by atoms with Gasteiger partial charge in [-0.2, -0.15) is 8.75 Å². The zero-order valence-corrected chi connectivity index (χ0v) is 74.6. The summed E-state index contributed by atoms with van der Waals surface area (Å²) in [6.45, 7) is 43.5. The number of carbonyl (C=O) groups is 3. The Morgan fingerprint density at radius 3 is 1.15 bits per heavy atom. The average molecular weight is 1720 g/mol.